The van der Waals surface area contributed by atoms with Crippen LogP contribution >= 0.6 is 23.2 Å². The van der Waals surface area contributed by atoms with Crippen molar-refractivity contribution in [2.24, 2.45) is 0 Å². The van der Waals surface area contributed by atoms with E-state index in [4.69, 9.17) is 32.7 Å². The summed E-state index contributed by atoms with van der Waals surface area (Å²) in [5, 5.41) is 0.989. The van der Waals surface area contributed by atoms with E-state index in [1.54, 1.807) is 26.4 Å². The fraction of sp³-hybridized carbons (Fsp3) is 0.235. The number of benzene rings is 2. The lowest BCUT2D eigenvalue weighted by Gasteiger charge is -2.15. The van der Waals surface area contributed by atoms with Gasteiger partial charge in [0.25, 0.3) is 0 Å². The Kier molecular flexibility index (Phi) is 4.02. The van der Waals surface area contributed by atoms with Crippen LogP contribution in [0.2, 0.25) is 10.0 Å². The Bertz CT molecular complexity index is 756. The molecule has 0 bridgehead atoms. The third-order valence-electron chi connectivity index (χ3n) is 3.97. The van der Waals surface area contributed by atoms with E-state index in [1.165, 1.54) is 0 Å². The van der Waals surface area contributed by atoms with Crippen LogP contribution in [0.5, 0.6) is 11.5 Å². The summed E-state index contributed by atoms with van der Waals surface area (Å²) in [6.45, 7) is 0. The SMILES string of the molecule is COc1cc2c(cc1OC)[C@@H](c1ccc(Cl)c(Cl)c1)CC2=O. The second-order valence-electron chi connectivity index (χ2n) is 5.15. The van der Waals surface area contributed by atoms with Crippen LogP contribution in [0.3, 0.4) is 0 Å². The summed E-state index contributed by atoms with van der Waals surface area (Å²) in [6, 6.07) is 9.08. The molecule has 1 aliphatic rings. The van der Waals surface area contributed by atoms with Gasteiger partial charge in [-0.3, -0.25) is 4.79 Å². The van der Waals surface area contributed by atoms with Gasteiger partial charge in [0.05, 0.1) is 24.3 Å². The van der Waals surface area contributed by atoms with E-state index in [1.807, 2.05) is 18.2 Å². The summed E-state index contributed by atoms with van der Waals surface area (Å²) in [5.74, 6) is 1.22. The minimum absolute atomic E-state index is 0.0444. The molecule has 0 saturated carbocycles. The standard InChI is InChI=1S/C17H14Cl2O3/c1-21-16-7-11-10(9-3-4-13(18)14(19)5-9)6-15(20)12(11)8-17(16)22-2/h3-5,7-8,10H,6H2,1-2H3/t10-/m1/s1. The highest BCUT2D eigenvalue weighted by Crippen LogP contribution is 2.44. The van der Waals surface area contributed by atoms with Gasteiger partial charge in [-0.25, -0.2) is 0 Å². The van der Waals surface area contributed by atoms with Gasteiger partial charge < -0.3 is 9.47 Å². The molecule has 0 unspecified atom stereocenters. The smallest absolute Gasteiger partial charge is 0.164 e. The number of halogens is 2. The first kappa shape index (κ1) is 15.2. The first-order valence-electron chi connectivity index (χ1n) is 6.79. The highest BCUT2D eigenvalue weighted by molar-refractivity contribution is 6.42. The lowest BCUT2D eigenvalue weighted by molar-refractivity contribution is 0.0991. The molecule has 1 atom stereocenters. The molecule has 5 heteroatoms. The Labute approximate surface area is 138 Å². The Hall–Kier alpha value is -1.71. The van der Waals surface area contributed by atoms with Crippen LogP contribution in [0.1, 0.15) is 33.8 Å². The van der Waals surface area contributed by atoms with Crippen LogP contribution in [0.25, 0.3) is 0 Å². The maximum Gasteiger partial charge on any atom is 0.164 e. The molecule has 0 aromatic heterocycles. The van der Waals surface area contributed by atoms with Gasteiger partial charge in [0.2, 0.25) is 0 Å². The van der Waals surface area contributed by atoms with E-state index in [9.17, 15) is 4.79 Å². The van der Waals surface area contributed by atoms with Crippen molar-refractivity contribution in [1.29, 1.82) is 0 Å². The van der Waals surface area contributed by atoms with Crippen molar-refractivity contribution in [3.05, 3.63) is 57.1 Å². The monoisotopic (exact) mass is 336 g/mol. The van der Waals surface area contributed by atoms with E-state index in [-0.39, 0.29) is 11.7 Å². The van der Waals surface area contributed by atoms with Crippen molar-refractivity contribution in [2.75, 3.05) is 14.2 Å². The first-order valence-corrected chi connectivity index (χ1v) is 7.54. The normalized spacial score (nSPS) is 16.5. The summed E-state index contributed by atoms with van der Waals surface area (Å²) in [4.78, 5) is 12.3. The molecule has 0 saturated heterocycles. The van der Waals surface area contributed by atoms with Crippen LogP contribution < -0.4 is 9.47 Å². The summed E-state index contributed by atoms with van der Waals surface area (Å²) < 4.78 is 10.6. The van der Waals surface area contributed by atoms with E-state index in [2.05, 4.69) is 0 Å². The molecule has 0 radical (unpaired) electrons. The van der Waals surface area contributed by atoms with Gasteiger partial charge in [-0.05, 0) is 35.4 Å². The predicted molar refractivity (Wildman–Crippen MR) is 86.8 cm³/mol. The number of ketones is 1. The molecule has 114 valence electrons. The molecule has 1 aliphatic carbocycles. The zero-order chi connectivity index (χ0) is 15.9. The molecule has 0 aliphatic heterocycles. The van der Waals surface area contributed by atoms with E-state index in [0.717, 1.165) is 11.1 Å². The predicted octanol–water partition coefficient (Wildman–Crippen LogP) is 4.73. The minimum atomic E-state index is -0.0444. The second kappa shape index (κ2) is 5.82. The fourth-order valence-electron chi connectivity index (χ4n) is 2.86. The molecular weight excluding hydrogens is 323 g/mol. The topological polar surface area (TPSA) is 35.5 Å². The van der Waals surface area contributed by atoms with Gasteiger partial charge in [-0.2, -0.15) is 0 Å². The minimum Gasteiger partial charge on any atom is -0.493 e. The Balaban J connectivity index is 2.12. The fourth-order valence-corrected chi connectivity index (χ4v) is 3.16. The van der Waals surface area contributed by atoms with E-state index in [0.29, 0.717) is 33.5 Å². The maximum absolute atomic E-state index is 12.3. The van der Waals surface area contributed by atoms with Crippen LogP contribution in [-0.4, -0.2) is 20.0 Å². The molecule has 0 amide bonds. The number of Topliss-reactive ketones (excluding diaryl/α,β-unsaturated/α-hetero) is 1. The number of methoxy groups -OCH3 is 2. The zero-order valence-electron chi connectivity index (χ0n) is 12.2. The molecule has 0 fully saturated rings. The Morgan fingerprint density at radius 2 is 1.68 bits per heavy atom. The molecule has 0 heterocycles. The van der Waals surface area contributed by atoms with Crippen molar-refractivity contribution < 1.29 is 14.3 Å². The number of hydrogen-bond donors (Lipinski definition) is 0. The Morgan fingerprint density at radius 1 is 1.00 bits per heavy atom. The summed E-state index contributed by atoms with van der Waals surface area (Å²) >= 11 is 12.1. The van der Waals surface area contributed by atoms with Gasteiger partial charge in [0, 0.05) is 17.9 Å². The van der Waals surface area contributed by atoms with Crippen molar-refractivity contribution >= 4 is 29.0 Å². The molecular formula is C17H14Cl2O3. The zero-order valence-corrected chi connectivity index (χ0v) is 13.7. The molecule has 3 rings (SSSR count). The molecule has 0 spiro atoms. The molecule has 2 aromatic carbocycles. The highest BCUT2D eigenvalue weighted by atomic mass is 35.5. The summed E-state index contributed by atoms with van der Waals surface area (Å²) in [6.07, 6.45) is 0.406. The van der Waals surface area contributed by atoms with Gasteiger partial charge in [0.15, 0.2) is 17.3 Å². The lowest BCUT2D eigenvalue weighted by atomic mass is 9.93. The average molecular weight is 337 g/mol. The number of rotatable bonds is 3. The quantitative estimate of drug-likeness (QED) is 0.812. The van der Waals surface area contributed by atoms with Crippen molar-refractivity contribution in [3.8, 4) is 11.5 Å². The van der Waals surface area contributed by atoms with Crippen LogP contribution in [-0.2, 0) is 0 Å². The van der Waals surface area contributed by atoms with Crippen LogP contribution in [0.4, 0.5) is 0 Å². The van der Waals surface area contributed by atoms with Crippen LogP contribution in [0.15, 0.2) is 30.3 Å². The van der Waals surface area contributed by atoms with E-state index < -0.39 is 0 Å². The highest BCUT2D eigenvalue weighted by Gasteiger charge is 2.32. The van der Waals surface area contributed by atoms with Gasteiger partial charge in [0.1, 0.15) is 0 Å². The van der Waals surface area contributed by atoms with Crippen molar-refractivity contribution in [1.82, 2.24) is 0 Å². The van der Waals surface area contributed by atoms with Crippen molar-refractivity contribution in [3.63, 3.8) is 0 Å². The number of carbonyl (C=O) groups excluding carboxylic acids is 1. The number of fused-ring (bicyclic) bond motifs is 1. The molecule has 22 heavy (non-hydrogen) atoms. The van der Waals surface area contributed by atoms with Crippen LogP contribution in [0, 0.1) is 0 Å². The third kappa shape index (κ3) is 2.44. The van der Waals surface area contributed by atoms with Gasteiger partial charge >= 0.3 is 0 Å². The average Bonchev–Trinajstić information content (AvgIpc) is 2.85. The number of hydrogen-bond acceptors (Lipinski definition) is 3. The lowest BCUT2D eigenvalue weighted by Crippen LogP contribution is -1.98. The van der Waals surface area contributed by atoms with Gasteiger partial charge in [-0.15, -0.1) is 0 Å². The number of carbonyl (C=O) groups is 1. The maximum atomic E-state index is 12.3. The van der Waals surface area contributed by atoms with E-state index >= 15 is 0 Å². The largest absolute Gasteiger partial charge is 0.493 e. The van der Waals surface area contributed by atoms with Crippen molar-refractivity contribution in [2.45, 2.75) is 12.3 Å². The number of ether oxygens (including phenoxy) is 2. The first-order chi connectivity index (χ1) is 10.5. The Morgan fingerprint density at radius 3 is 2.32 bits per heavy atom. The third-order valence-corrected chi connectivity index (χ3v) is 4.71. The molecule has 3 nitrogen and oxygen atoms in total. The molecule has 0 N–H and O–H groups in total. The van der Waals surface area contributed by atoms with Gasteiger partial charge in [-0.1, -0.05) is 29.3 Å². The summed E-state index contributed by atoms with van der Waals surface area (Å²) in [7, 11) is 3.13. The second-order valence-corrected chi connectivity index (χ2v) is 5.96. The molecule has 2 aromatic rings. The summed E-state index contributed by atoms with van der Waals surface area (Å²) in [5.41, 5.74) is 2.57.